The molecular formula is C13H20N2O4S. The Morgan fingerprint density at radius 2 is 1.90 bits per heavy atom. The van der Waals surface area contributed by atoms with Crippen LogP contribution in [-0.2, 0) is 21.2 Å². The third kappa shape index (κ3) is 5.58. The van der Waals surface area contributed by atoms with E-state index in [0.717, 1.165) is 11.8 Å². The largest absolute Gasteiger partial charge is 0.508 e. The first-order valence-electron chi connectivity index (χ1n) is 6.15. The summed E-state index contributed by atoms with van der Waals surface area (Å²) < 4.78 is 22.1. The Kier molecular flexibility index (Phi) is 5.52. The second-order valence-electron chi connectivity index (χ2n) is 4.89. The molecule has 0 saturated heterocycles. The molecule has 0 aromatic heterocycles. The molecule has 0 radical (unpaired) electrons. The van der Waals surface area contributed by atoms with Gasteiger partial charge in [0.25, 0.3) is 0 Å². The highest BCUT2D eigenvalue weighted by molar-refractivity contribution is 7.90. The van der Waals surface area contributed by atoms with E-state index in [1.165, 1.54) is 17.0 Å². The molecule has 1 rings (SSSR count). The highest BCUT2D eigenvalue weighted by Crippen LogP contribution is 2.11. The first-order chi connectivity index (χ1) is 9.19. The Balaban J connectivity index is 2.55. The van der Waals surface area contributed by atoms with Gasteiger partial charge < -0.3 is 15.7 Å². The molecule has 7 heteroatoms. The number of amides is 1. The van der Waals surface area contributed by atoms with Crippen LogP contribution in [0.1, 0.15) is 12.0 Å². The van der Waals surface area contributed by atoms with Gasteiger partial charge in [0.1, 0.15) is 15.6 Å². The van der Waals surface area contributed by atoms with E-state index in [2.05, 4.69) is 0 Å². The lowest BCUT2D eigenvalue weighted by atomic mass is 10.1. The molecule has 6 nitrogen and oxygen atoms in total. The summed E-state index contributed by atoms with van der Waals surface area (Å²) in [7, 11) is -1.51. The lowest BCUT2D eigenvalue weighted by Crippen LogP contribution is -2.42. The van der Waals surface area contributed by atoms with Gasteiger partial charge in [-0.1, -0.05) is 12.1 Å². The van der Waals surface area contributed by atoms with Crippen molar-refractivity contribution in [3.8, 4) is 5.75 Å². The molecule has 20 heavy (non-hydrogen) atoms. The van der Waals surface area contributed by atoms with Gasteiger partial charge in [-0.3, -0.25) is 4.79 Å². The van der Waals surface area contributed by atoms with Crippen LogP contribution >= 0.6 is 0 Å². The van der Waals surface area contributed by atoms with Gasteiger partial charge >= 0.3 is 0 Å². The maximum Gasteiger partial charge on any atom is 0.239 e. The zero-order chi connectivity index (χ0) is 15.3. The second-order valence-corrected chi connectivity index (χ2v) is 7.15. The van der Waals surface area contributed by atoms with Gasteiger partial charge in [0, 0.05) is 19.8 Å². The van der Waals surface area contributed by atoms with Gasteiger partial charge in [0.05, 0.1) is 11.8 Å². The van der Waals surface area contributed by atoms with E-state index in [1.54, 1.807) is 19.2 Å². The third-order valence-electron chi connectivity index (χ3n) is 2.85. The van der Waals surface area contributed by atoms with Crippen LogP contribution in [0.5, 0.6) is 5.75 Å². The predicted molar refractivity (Wildman–Crippen MR) is 76.9 cm³/mol. The number of benzene rings is 1. The van der Waals surface area contributed by atoms with Gasteiger partial charge in [-0.15, -0.1) is 0 Å². The van der Waals surface area contributed by atoms with Crippen LogP contribution in [0.25, 0.3) is 0 Å². The number of sulfone groups is 1. The number of carbonyl (C=O) groups is 1. The van der Waals surface area contributed by atoms with E-state index in [4.69, 9.17) is 5.73 Å². The van der Waals surface area contributed by atoms with Gasteiger partial charge in [-0.2, -0.15) is 0 Å². The van der Waals surface area contributed by atoms with Crippen LogP contribution in [-0.4, -0.2) is 49.4 Å². The van der Waals surface area contributed by atoms with Crippen molar-refractivity contribution >= 4 is 15.7 Å². The average Bonchev–Trinajstić information content (AvgIpc) is 2.36. The summed E-state index contributed by atoms with van der Waals surface area (Å²) in [5.41, 5.74) is 6.56. The summed E-state index contributed by atoms with van der Waals surface area (Å²) in [4.78, 5) is 13.4. The Hall–Kier alpha value is -1.60. The van der Waals surface area contributed by atoms with Crippen LogP contribution in [0.2, 0.25) is 0 Å². The highest BCUT2D eigenvalue weighted by atomic mass is 32.2. The molecule has 0 heterocycles. The van der Waals surface area contributed by atoms with Crippen LogP contribution < -0.4 is 5.73 Å². The van der Waals surface area contributed by atoms with E-state index >= 15 is 0 Å². The molecule has 1 unspecified atom stereocenters. The molecule has 1 aromatic rings. The van der Waals surface area contributed by atoms with Crippen LogP contribution in [0.15, 0.2) is 24.3 Å². The minimum Gasteiger partial charge on any atom is -0.508 e. The van der Waals surface area contributed by atoms with Gasteiger partial charge in [-0.05, 0) is 24.1 Å². The van der Waals surface area contributed by atoms with E-state index in [1.807, 2.05) is 0 Å². The van der Waals surface area contributed by atoms with Crippen LogP contribution in [0.3, 0.4) is 0 Å². The molecule has 112 valence electrons. The molecule has 0 aliphatic carbocycles. The number of hydrogen-bond donors (Lipinski definition) is 2. The molecule has 0 bridgehead atoms. The molecule has 1 atom stereocenters. The Morgan fingerprint density at radius 1 is 1.35 bits per heavy atom. The number of nitrogens with two attached hydrogens (primary N) is 1. The average molecular weight is 300 g/mol. The smallest absolute Gasteiger partial charge is 0.239 e. The number of hydrogen-bond acceptors (Lipinski definition) is 5. The van der Waals surface area contributed by atoms with Crippen LogP contribution in [0.4, 0.5) is 0 Å². The molecule has 3 N–H and O–H groups in total. The van der Waals surface area contributed by atoms with Crippen molar-refractivity contribution in [1.29, 1.82) is 0 Å². The number of phenols is 1. The van der Waals surface area contributed by atoms with E-state index in [9.17, 15) is 18.3 Å². The molecule has 0 spiro atoms. The predicted octanol–water partition coefficient (Wildman–Crippen LogP) is 0.113. The zero-order valence-electron chi connectivity index (χ0n) is 11.6. The molecular weight excluding hydrogens is 280 g/mol. The number of likely N-dealkylation sites (N-methyl/N-ethyl adjacent to an activating group) is 1. The molecule has 0 aliphatic rings. The fourth-order valence-corrected chi connectivity index (χ4v) is 2.38. The Labute approximate surface area is 119 Å². The minimum absolute atomic E-state index is 0.104. The topological polar surface area (TPSA) is 101 Å². The monoisotopic (exact) mass is 300 g/mol. The summed E-state index contributed by atoms with van der Waals surface area (Å²) >= 11 is 0. The normalized spacial score (nSPS) is 12.9. The highest BCUT2D eigenvalue weighted by Gasteiger charge is 2.19. The SMILES string of the molecule is CN(Cc1ccc(O)cc1)C(=O)C(N)CCS(C)(=O)=O. The van der Waals surface area contributed by atoms with Crippen molar-refractivity contribution in [1.82, 2.24) is 4.90 Å². The van der Waals surface area contributed by atoms with Gasteiger partial charge in [0.2, 0.25) is 5.91 Å². The van der Waals surface area contributed by atoms with Crippen molar-refractivity contribution < 1.29 is 18.3 Å². The fraction of sp³-hybridized carbons (Fsp3) is 0.462. The van der Waals surface area contributed by atoms with Crippen molar-refractivity contribution in [2.24, 2.45) is 5.73 Å². The van der Waals surface area contributed by atoms with Gasteiger partial charge in [0.15, 0.2) is 0 Å². The maximum absolute atomic E-state index is 12.0. The molecule has 0 saturated carbocycles. The van der Waals surface area contributed by atoms with Crippen molar-refractivity contribution in [3.63, 3.8) is 0 Å². The van der Waals surface area contributed by atoms with E-state index in [-0.39, 0.29) is 23.8 Å². The zero-order valence-corrected chi connectivity index (χ0v) is 12.4. The third-order valence-corrected chi connectivity index (χ3v) is 3.83. The molecule has 0 aliphatic heterocycles. The standard InChI is InChI=1S/C13H20N2O4S/c1-15(9-10-3-5-11(16)6-4-10)13(17)12(14)7-8-20(2,18)19/h3-6,12,16H,7-9,14H2,1-2H3. The molecule has 1 amide bonds. The Morgan fingerprint density at radius 3 is 2.40 bits per heavy atom. The lowest BCUT2D eigenvalue weighted by molar-refractivity contribution is -0.131. The fourth-order valence-electron chi connectivity index (χ4n) is 1.70. The number of aromatic hydroxyl groups is 1. The number of carbonyl (C=O) groups excluding carboxylic acids is 1. The quantitative estimate of drug-likeness (QED) is 0.776. The Bertz CT molecular complexity index is 554. The maximum atomic E-state index is 12.0. The summed E-state index contributed by atoms with van der Waals surface area (Å²) in [5, 5.41) is 9.18. The number of rotatable bonds is 6. The minimum atomic E-state index is -3.12. The lowest BCUT2D eigenvalue weighted by Gasteiger charge is -2.21. The number of nitrogens with zero attached hydrogens (tertiary/aromatic N) is 1. The number of phenolic OH excluding ortho intramolecular Hbond substituents is 1. The van der Waals surface area contributed by atoms with Gasteiger partial charge in [-0.25, -0.2) is 8.42 Å². The molecule has 1 aromatic carbocycles. The molecule has 0 fully saturated rings. The van der Waals surface area contributed by atoms with Crippen molar-refractivity contribution in [2.75, 3.05) is 19.1 Å². The first kappa shape index (κ1) is 16.5. The van der Waals surface area contributed by atoms with Crippen molar-refractivity contribution in [3.05, 3.63) is 29.8 Å². The summed E-state index contributed by atoms with van der Waals surface area (Å²) in [5.74, 6) is -0.248. The van der Waals surface area contributed by atoms with Crippen molar-refractivity contribution in [2.45, 2.75) is 19.0 Å². The van der Waals surface area contributed by atoms with E-state index in [0.29, 0.717) is 6.54 Å². The summed E-state index contributed by atoms with van der Waals surface area (Å²) in [6.45, 7) is 0.353. The van der Waals surface area contributed by atoms with E-state index < -0.39 is 15.9 Å². The summed E-state index contributed by atoms with van der Waals surface area (Å²) in [6, 6.07) is 5.67. The first-order valence-corrected chi connectivity index (χ1v) is 8.21. The second kappa shape index (κ2) is 6.71. The summed E-state index contributed by atoms with van der Waals surface area (Å²) in [6.07, 6.45) is 1.22. The van der Waals surface area contributed by atoms with Crippen LogP contribution in [0, 0.1) is 0 Å².